The molecule has 2 unspecified atom stereocenters. The van der Waals surface area contributed by atoms with E-state index in [-0.39, 0.29) is 16.9 Å². The van der Waals surface area contributed by atoms with Crippen LogP contribution in [0.4, 0.5) is 0 Å². The zero-order valence-electron chi connectivity index (χ0n) is 10.9. The molecular weight excluding hydrogens is 198 g/mol. The monoisotopic (exact) mass is 223 g/mol. The van der Waals surface area contributed by atoms with Crippen LogP contribution in [-0.4, -0.2) is 11.4 Å². The van der Waals surface area contributed by atoms with Gasteiger partial charge in [-0.2, -0.15) is 0 Å². The van der Waals surface area contributed by atoms with E-state index in [9.17, 15) is 4.79 Å². The zero-order valence-corrected chi connectivity index (χ0v) is 10.9. The molecule has 1 amide bonds. The van der Waals surface area contributed by atoms with E-state index in [1.165, 1.54) is 38.5 Å². The second-order valence-corrected chi connectivity index (χ2v) is 6.09. The van der Waals surface area contributed by atoms with Crippen molar-refractivity contribution in [1.82, 2.24) is 5.32 Å². The van der Waals surface area contributed by atoms with Crippen molar-refractivity contribution in [3.05, 3.63) is 0 Å². The SMILES string of the molecule is CCC(C)C1(C)CC(=O)NC12CCCCC2. The van der Waals surface area contributed by atoms with Crippen LogP contribution in [0.3, 0.4) is 0 Å². The molecule has 0 bridgehead atoms. The summed E-state index contributed by atoms with van der Waals surface area (Å²) in [5, 5.41) is 3.34. The predicted molar refractivity (Wildman–Crippen MR) is 66.1 cm³/mol. The van der Waals surface area contributed by atoms with E-state index in [0.717, 1.165) is 6.42 Å². The summed E-state index contributed by atoms with van der Waals surface area (Å²) in [6.07, 6.45) is 8.21. The van der Waals surface area contributed by atoms with E-state index in [1.54, 1.807) is 0 Å². The highest BCUT2D eigenvalue weighted by molar-refractivity contribution is 5.81. The molecule has 0 radical (unpaired) electrons. The maximum absolute atomic E-state index is 11.8. The molecule has 2 atom stereocenters. The van der Waals surface area contributed by atoms with Crippen LogP contribution in [0.15, 0.2) is 0 Å². The molecule has 1 spiro atoms. The average Bonchev–Trinajstić information content (AvgIpc) is 2.51. The normalized spacial score (nSPS) is 35.1. The first kappa shape index (κ1) is 11.9. The number of rotatable bonds is 2. The lowest BCUT2D eigenvalue weighted by Gasteiger charge is -2.48. The number of amides is 1. The minimum atomic E-state index is 0.123. The Hall–Kier alpha value is -0.530. The molecule has 2 nitrogen and oxygen atoms in total. The fraction of sp³-hybridized carbons (Fsp3) is 0.929. The third-order valence-corrected chi connectivity index (χ3v) is 5.41. The highest BCUT2D eigenvalue weighted by Gasteiger charge is 2.56. The summed E-state index contributed by atoms with van der Waals surface area (Å²) in [6, 6.07) is 0. The second-order valence-electron chi connectivity index (χ2n) is 6.09. The first-order chi connectivity index (χ1) is 7.54. The molecule has 2 rings (SSSR count). The number of carbonyl (C=O) groups excluding carboxylic acids is 1. The van der Waals surface area contributed by atoms with E-state index < -0.39 is 0 Å². The summed E-state index contributed by atoms with van der Waals surface area (Å²) in [4.78, 5) is 11.8. The van der Waals surface area contributed by atoms with Gasteiger partial charge in [0.1, 0.15) is 0 Å². The van der Waals surface area contributed by atoms with Crippen LogP contribution in [0, 0.1) is 11.3 Å². The maximum Gasteiger partial charge on any atom is 0.221 e. The Bertz CT molecular complexity index is 272. The summed E-state index contributed by atoms with van der Waals surface area (Å²) in [7, 11) is 0. The van der Waals surface area contributed by atoms with Gasteiger partial charge in [0.15, 0.2) is 0 Å². The lowest BCUT2D eigenvalue weighted by atomic mass is 9.59. The summed E-state index contributed by atoms with van der Waals surface area (Å²) in [6.45, 7) is 6.90. The van der Waals surface area contributed by atoms with Gasteiger partial charge in [0.2, 0.25) is 5.91 Å². The molecule has 1 aliphatic heterocycles. The van der Waals surface area contributed by atoms with E-state index in [0.29, 0.717) is 5.92 Å². The topological polar surface area (TPSA) is 29.1 Å². The Morgan fingerprint density at radius 3 is 2.50 bits per heavy atom. The first-order valence-electron chi connectivity index (χ1n) is 6.85. The van der Waals surface area contributed by atoms with Crippen molar-refractivity contribution in [2.75, 3.05) is 0 Å². The Kier molecular flexibility index (Phi) is 3.02. The molecule has 1 saturated heterocycles. The highest BCUT2D eigenvalue weighted by Crippen LogP contribution is 2.53. The Labute approximate surface area is 99.2 Å². The molecule has 2 aliphatic rings. The van der Waals surface area contributed by atoms with E-state index in [4.69, 9.17) is 0 Å². The van der Waals surface area contributed by atoms with Crippen molar-refractivity contribution >= 4 is 5.91 Å². The van der Waals surface area contributed by atoms with Crippen LogP contribution >= 0.6 is 0 Å². The molecule has 1 saturated carbocycles. The molecule has 1 N–H and O–H groups in total. The van der Waals surface area contributed by atoms with Crippen LogP contribution < -0.4 is 5.32 Å². The molecule has 1 aliphatic carbocycles. The van der Waals surface area contributed by atoms with Gasteiger partial charge < -0.3 is 5.32 Å². The van der Waals surface area contributed by atoms with Gasteiger partial charge in [-0.25, -0.2) is 0 Å². The molecule has 16 heavy (non-hydrogen) atoms. The van der Waals surface area contributed by atoms with Crippen LogP contribution in [0.2, 0.25) is 0 Å². The largest absolute Gasteiger partial charge is 0.350 e. The molecule has 0 aromatic heterocycles. The third kappa shape index (κ3) is 1.57. The highest BCUT2D eigenvalue weighted by atomic mass is 16.2. The Morgan fingerprint density at radius 1 is 1.31 bits per heavy atom. The first-order valence-corrected chi connectivity index (χ1v) is 6.85. The van der Waals surface area contributed by atoms with Gasteiger partial charge in [-0.15, -0.1) is 0 Å². The van der Waals surface area contributed by atoms with Gasteiger partial charge in [0, 0.05) is 17.4 Å². The molecule has 1 heterocycles. The smallest absolute Gasteiger partial charge is 0.221 e. The number of hydrogen-bond donors (Lipinski definition) is 1. The van der Waals surface area contributed by atoms with Crippen molar-refractivity contribution in [2.45, 2.75) is 71.3 Å². The van der Waals surface area contributed by atoms with Gasteiger partial charge in [-0.3, -0.25) is 4.79 Å². The van der Waals surface area contributed by atoms with Crippen LogP contribution in [-0.2, 0) is 4.79 Å². The van der Waals surface area contributed by atoms with Gasteiger partial charge in [-0.1, -0.05) is 46.5 Å². The zero-order chi connectivity index (χ0) is 11.8. The quantitative estimate of drug-likeness (QED) is 0.765. The third-order valence-electron chi connectivity index (χ3n) is 5.41. The van der Waals surface area contributed by atoms with Gasteiger partial charge in [0.05, 0.1) is 0 Å². The van der Waals surface area contributed by atoms with Crippen molar-refractivity contribution in [1.29, 1.82) is 0 Å². The minimum absolute atomic E-state index is 0.123. The van der Waals surface area contributed by atoms with E-state index in [2.05, 4.69) is 26.1 Å². The van der Waals surface area contributed by atoms with E-state index in [1.807, 2.05) is 0 Å². The maximum atomic E-state index is 11.8. The van der Waals surface area contributed by atoms with Gasteiger partial charge in [0.25, 0.3) is 0 Å². The van der Waals surface area contributed by atoms with Crippen LogP contribution in [0.25, 0.3) is 0 Å². The fourth-order valence-electron chi connectivity index (χ4n) is 3.90. The van der Waals surface area contributed by atoms with Crippen molar-refractivity contribution < 1.29 is 4.79 Å². The van der Waals surface area contributed by atoms with Crippen molar-refractivity contribution in [3.63, 3.8) is 0 Å². The lowest BCUT2D eigenvalue weighted by Crippen LogP contribution is -2.54. The lowest BCUT2D eigenvalue weighted by molar-refractivity contribution is -0.120. The summed E-state index contributed by atoms with van der Waals surface area (Å²) in [5.74, 6) is 0.911. The standard InChI is InChI=1S/C14H25NO/c1-4-11(2)13(3)10-12(16)15-14(13)8-6-5-7-9-14/h11H,4-10H2,1-3H3,(H,15,16). The number of carbonyl (C=O) groups is 1. The Morgan fingerprint density at radius 2 is 1.94 bits per heavy atom. The van der Waals surface area contributed by atoms with Crippen molar-refractivity contribution in [3.8, 4) is 0 Å². The molecule has 2 fully saturated rings. The molecule has 2 heteroatoms. The van der Waals surface area contributed by atoms with Crippen molar-refractivity contribution in [2.24, 2.45) is 11.3 Å². The average molecular weight is 223 g/mol. The second kappa shape index (κ2) is 4.05. The predicted octanol–water partition coefficient (Wildman–Crippen LogP) is 3.26. The summed E-state index contributed by atoms with van der Waals surface area (Å²) >= 11 is 0. The minimum Gasteiger partial charge on any atom is -0.350 e. The van der Waals surface area contributed by atoms with Gasteiger partial charge in [-0.05, 0) is 18.8 Å². The molecule has 0 aromatic carbocycles. The fourth-order valence-corrected chi connectivity index (χ4v) is 3.90. The Balaban J connectivity index is 2.30. The number of hydrogen-bond acceptors (Lipinski definition) is 1. The van der Waals surface area contributed by atoms with E-state index >= 15 is 0 Å². The van der Waals surface area contributed by atoms with Gasteiger partial charge >= 0.3 is 0 Å². The van der Waals surface area contributed by atoms with Crippen LogP contribution in [0.1, 0.15) is 65.7 Å². The molecule has 92 valence electrons. The summed E-state index contributed by atoms with van der Waals surface area (Å²) in [5.41, 5.74) is 0.303. The molecular formula is C14H25NO. The summed E-state index contributed by atoms with van der Waals surface area (Å²) < 4.78 is 0. The number of nitrogens with one attached hydrogen (secondary N) is 1. The molecule has 0 aromatic rings. The van der Waals surface area contributed by atoms with Crippen LogP contribution in [0.5, 0.6) is 0 Å².